The summed E-state index contributed by atoms with van der Waals surface area (Å²) in [7, 11) is 0. The molecule has 0 aliphatic carbocycles. The topological polar surface area (TPSA) is 46.8 Å². The van der Waals surface area contributed by atoms with Crippen LogP contribution in [0.4, 0.5) is 17.1 Å². The van der Waals surface area contributed by atoms with Gasteiger partial charge >= 0.3 is 0 Å². The van der Waals surface area contributed by atoms with Gasteiger partial charge in [-0.1, -0.05) is 140 Å². The van der Waals surface area contributed by atoms with Gasteiger partial charge in [0.2, 0.25) is 0 Å². The van der Waals surface area contributed by atoms with Crippen LogP contribution in [0, 0.1) is 0 Å². The Balaban J connectivity index is 1.11. The van der Waals surface area contributed by atoms with Crippen molar-refractivity contribution in [3.8, 4) is 39.9 Å². The highest BCUT2D eigenvalue weighted by Gasteiger charge is 2.21. The molecule has 268 valence electrons. The summed E-state index contributed by atoms with van der Waals surface area (Å²) in [6.45, 7) is 0. The number of nitrogens with zero attached hydrogens (tertiary/aromatic N) is 5. The van der Waals surface area contributed by atoms with Gasteiger partial charge in [-0.15, -0.1) is 11.3 Å². The lowest BCUT2D eigenvalue weighted by atomic mass is 10.1. The van der Waals surface area contributed by atoms with Crippen molar-refractivity contribution < 1.29 is 0 Å². The van der Waals surface area contributed by atoms with Crippen LogP contribution in [0.15, 0.2) is 200 Å². The second-order valence-corrected chi connectivity index (χ2v) is 15.1. The highest BCUT2D eigenvalue weighted by Crippen LogP contribution is 2.45. The van der Waals surface area contributed by atoms with Crippen molar-refractivity contribution in [2.45, 2.75) is 0 Å². The zero-order valence-corrected chi connectivity index (χ0v) is 31.5. The summed E-state index contributed by atoms with van der Waals surface area (Å²) >= 11 is 1.80. The summed E-state index contributed by atoms with van der Waals surface area (Å²) in [4.78, 5) is 17.5. The molecule has 0 saturated heterocycles. The molecule has 3 aromatic heterocycles. The number of fused-ring (bicyclic) bond motifs is 6. The number of benzene rings is 8. The van der Waals surface area contributed by atoms with Gasteiger partial charge in [0, 0.05) is 60.0 Å². The maximum Gasteiger partial charge on any atom is 0.165 e. The first-order valence-corrected chi connectivity index (χ1v) is 19.9. The van der Waals surface area contributed by atoms with E-state index in [2.05, 4.69) is 173 Å². The van der Waals surface area contributed by atoms with E-state index in [1.54, 1.807) is 11.3 Å². The van der Waals surface area contributed by atoms with E-state index in [9.17, 15) is 0 Å². The minimum Gasteiger partial charge on any atom is -0.310 e. The van der Waals surface area contributed by atoms with Gasteiger partial charge in [-0.3, -0.25) is 0 Å². The van der Waals surface area contributed by atoms with Crippen molar-refractivity contribution in [2.75, 3.05) is 4.90 Å². The summed E-state index contributed by atoms with van der Waals surface area (Å²) < 4.78 is 4.79. The number of hydrogen-bond donors (Lipinski definition) is 0. The standard InChI is InChI=1S/C51H33N5S/c1-5-17-34(18-6-1)49-52-50(35-19-7-2-8-20-35)54-51(53-49)42-28-15-26-40-41-27-16-30-46(48(41)57-47(40)42)56-44-29-14-13-25-39(44)43-33-38(31-32-45(43)56)55(36-21-9-3-10-22-36)37-23-11-4-12-24-37/h1-33H. The zero-order chi connectivity index (χ0) is 37.7. The van der Waals surface area contributed by atoms with Crippen LogP contribution in [-0.2, 0) is 0 Å². The molecule has 0 N–H and O–H groups in total. The second kappa shape index (κ2) is 13.7. The minimum absolute atomic E-state index is 0.654. The minimum atomic E-state index is 0.654. The number of aromatic nitrogens is 4. The Morgan fingerprint density at radius 2 is 0.877 bits per heavy atom. The molecule has 11 aromatic rings. The highest BCUT2D eigenvalue weighted by molar-refractivity contribution is 7.26. The Labute approximate surface area is 333 Å². The van der Waals surface area contributed by atoms with E-state index < -0.39 is 0 Å². The molecule has 57 heavy (non-hydrogen) atoms. The van der Waals surface area contributed by atoms with Crippen LogP contribution in [0.25, 0.3) is 81.8 Å². The Bertz CT molecular complexity index is 3130. The molecule has 0 saturated carbocycles. The molecule has 0 atom stereocenters. The largest absolute Gasteiger partial charge is 0.310 e. The van der Waals surface area contributed by atoms with Crippen molar-refractivity contribution in [3.05, 3.63) is 200 Å². The molecule has 11 rings (SSSR count). The van der Waals surface area contributed by atoms with Gasteiger partial charge in [-0.25, -0.2) is 15.0 Å². The Hall–Kier alpha value is -7.41. The Kier molecular flexibility index (Phi) is 7.93. The van der Waals surface area contributed by atoms with Gasteiger partial charge < -0.3 is 9.47 Å². The molecule has 0 unspecified atom stereocenters. The van der Waals surface area contributed by atoms with Gasteiger partial charge in [0.05, 0.1) is 21.4 Å². The first-order chi connectivity index (χ1) is 28.3. The molecular formula is C51H33N5S. The number of rotatable bonds is 7. The van der Waals surface area contributed by atoms with E-state index in [4.69, 9.17) is 15.0 Å². The van der Waals surface area contributed by atoms with E-state index in [0.717, 1.165) is 49.7 Å². The summed E-state index contributed by atoms with van der Waals surface area (Å²) in [5.41, 5.74) is 9.70. The average molecular weight is 748 g/mol. The molecule has 0 aliphatic rings. The third-order valence-corrected chi connectivity index (χ3v) is 11.9. The first kappa shape index (κ1) is 33.0. The average Bonchev–Trinajstić information content (AvgIpc) is 3.84. The SMILES string of the molecule is c1ccc(-c2nc(-c3ccccc3)nc(-c3cccc4c3sc3c(-n5c6ccccc6c6cc(N(c7ccccc7)c7ccccc7)ccc65)cccc34)n2)cc1. The Morgan fingerprint density at radius 3 is 1.53 bits per heavy atom. The molecule has 0 radical (unpaired) electrons. The molecule has 0 fully saturated rings. The van der Waals surface area contributed by atoms with Crippen LogP contribution in [0.1, 0.15) is 0 Å². The van der Waals surface area contributed by atoms with Crippen LogP contribution >= 0.6 is 11.3 Å². The van der Waals surface area contributed by atoms with Crippen molar-refractivity contribution in [1.82, 2.24) is 19.5 Å². The van der Waals surface area contributed by atoms with Crippen molar-refractivity contribution in [1.29, 1.82) is 0 Å². The summed E-state index contributed by atoms with van der Waals surface area (Å²) in [5.74, 6) is 1.97. The Morgan fingerprint density at radius 1 is 0.368 bits per heavy atom. The summed E-state index contributed by atoms with van der Waals surface area (Å²) in [6.07, 6.45) is 0. The predicted octanol–water partition coefficient (Wildman–Crippen LogP) is 13.8. The normalized spacial score (nSPS) is 11.5. The van der Waals surface area contributed by atoms with Gasteiger partial charge in [0.25, 0.3) is 0 Å². The lowest BCUT2D eigenvalue weighted by molar-refractivity contribution is 1.08. The van der Waals surface area contributed by atoms with Gasteiger partial charge in [-0.05, 0) is 60.7 Å². The van der Waals surface area contributed by atoms with Gasteiger partial charge in [0.15, 0.2) is 17.5 Å². The van der Waals surface area contributed by atoms with Crippen LogP contribution in [0.2, 0.25) is 0 Å². The van der Waals surface area contributed by atoms with Gasteiger partial charge in [0.1, 0.15) is 0 Å². The molecule has 0 aliphatic heterocycles. The van der Waals surface area contributed by atoms with E-state index in [-0.39, 0.29) is 0 Å². The number of thiophene rings is 1. The lowest BCUT2D eigenvalue weighted by Gasteiger charge is -2.25. The molecule has 6 heteroatoms. The van der Waals surface area contributed by atoms with Crippen LogP contribution in [-0.4, -0.2) is 19.5 Å². The maximum absolute atomic E-state index is 5.12. The smallest absolute Gasteiger partial charge is 0.165 e. The number of hydrogen-bond acceptors (Lipinski definition) is 5. The molecule has 0 amide bonds. The fraction of sp³-hybridized carbons (Fsp3) is 0. The molecule has 8 aromatic carbocycles. The molecule has 0 spiro atoms. The summed E-state index contributed by atoms with van der Waals surface area (Å²) in [6, 6.07) is 70.3. The highest BCUT2D eigenvalue weighted by atomic mass is 32.1. The number of anilines is 3. The second-order valence-electron chi connectivity index (χ2n) is 14.0. The van der Waals surface area contributed by atoms with Crippen LogP contribution in [0.3, 0.4) is 0 Å². The third kappa shape index (κ3) is 5.65. The molecule has 5 nitrogen and oxygen atoms in total. The molecular weight excluding hydrogens is 715 g/mol. The van der Waals surface area contributed by atoms with Crippen molar-refractivity contribution in [3.63, 3.8) is 0 Å². The van der Waals surface area contributed by atoms with Crippen LogP contribution < -0.4 is 4.90 Å². The first-order valence-electron chi connectivity index (χ1n) is 19.0. The number of para-hydroxylation sites is 3. The summed E-state index contributed by atoms with van der Waals surface area (Å²) in [5, 5.41) is 4.80. The predicted molar refractivity (Wildman–Crippen MR) is 238 cm³/mol. The van der Waals surface area contributed by atoms with Gasteiger partial charge in [-0.2, -0.15) is 0 Å². The lowest BCUT2D eigenvalue weighted by Crippen LogP contribution is -2.09. The maximum atomic E-state index is 5.12. The zero-order valence-electron chi connectivity index (χ0n) is 30.7. The van der Waals surface area contributed by atoms with E-state index in [0.29, 0.717) is 17.5 Å². The van der Waals surface area contributed by atoms with Crippen molar-refractivity contribution >= 4 is 70.4 Å². The molecule has 3 heterocycles. The fourth-order valence-corrected chi connectivity index (χ4v) is 9.36. The third-order valence-electron chi connectivity index (χ3n) is 10.6. The van der Waals surface area contributed by atoms with Crippen LogP contribution in [0.5, 0.6) is 0 Å². The van der Waals surface area contributed by atoms with E-state index >= 15 is 0 Å². The van der Waals surface area contributed by atoms with Crippen molar-refractivity contribution in [2.24, 2.45) is 0 Å². The quantitative estimate of drug-likeness (QED) is 0.163. The van der Waals surface area contributed by atoms with E-state index in [1.807, 2.05) is 36.4 Å². The fourth-order valence-electron chi connectivity index (χ4n) is 8.05. The molecule has 0 bridgehead atoms. The monoisotopic (exact) mass is 747 g/mol. The van der Waals surface area contributed by atoms with E-state index in [1.165, 1.54) is 31.8 Å².